The van der Waals surface area contributed by atoms with Crippen molar-refractivity contribution in [1.82, 2.24) is 0 Å². The van der Waals surface area contributed by atoms with E-state index >= 15 is 0 Å². The van der Waals surface area contributed by atoms with E-state index in [2.05, 4.69) is 0 Å². The molecule has 2 rings (SSSR count). The molecule has 1 N–H and O–H groups in total. The van der Waals surface area contributed by atoms with Gasteiger partial charge in [-0.2, -0.15) is 11.8 Å². The van der Waals surface area contributed by atoms with Gasteiger partial charge in [-0.15, -0.1) is 0 Å². The lowest BCUT2D eigenvalue weighted by atomic mass is 10.0. The predicted octanol–water partition coefficient (Wildman–Crippen LogP) is 2.96. The summed E-state index contributed by atoms with van der Waals surface area (Å²) in [5.41, 5.74) is -0.276. The molecular weight excluding hydrogens is 352 g/mol. The average Bonchev–Trinajstić information content (AvgIpc) is 2.66. The van der Waals surface area contributed by atoms with Gasteiger partial charge in [0.15, 0.2) is 5.60 Å². The van der Waals surface area contributed by atoms with Crippen LogP contribution in [0.5, 0.6) is 0 Å². The molecule has 1 atom stereocenters. The molecule has 0 bridgehead atoms. The molecule has 1 unspecified atom stereocenters. The molecule has 5 nitrogen and oxygen atoms in total. The van der Waals surface area contributed by atoms with E-state index in [0.29, 0.717) is 0 Å². The molecule has 26 heavy (non-hydrogen) atoms. The Bertz CT molecular complexity index is 705. The lowest BCUT2D eigenvalue weighted by molar-refractivity contribution is -0.171. The van der Waals surface area contributed by atoms with Crippen molar-refractivity contribution in [2.75, 3.05) is 12.0 Å². The summed E-state index contributed by atoms with van der Waals surface area (Å²) in [4.78, 5) is 24.4. The summed E-state index contributed by atoms with van der Waals surface area (Å²) < 4.78 is 10.4. The molecule has 0 amide bonds. The summed E-state index contributed by atoms with van der Waals surface area (Å²) >= 11 is 1.26. The standard InChI is InChI=1S/C20H22O5S/c1-26-15-20(23,19(22)25-14-17-10-6-3-7-11-17)12-18(21)24-13-16-8-4-2-5-9-16/h2-11,23H,12-15H2,1H3. The highest BCUT2D eigenvalue weighted by atomic mass is 32.2. The number of aliphatic hydroxyl groups is 1. The molecule has 0 aliphatic heterocycles. The smallest absolute Gasteiger partial charge is 0.339 e. The summed E-state index contributed by atoms with van der Waals surface area (Å²) in [6.07, 6.45) is 1.29. The van der Waals surface area contributed by atoms with Gasteiger partial charge in [-0.3, -0.25) is 4.79 Å². The molecule has 0 spiro atoms. The van der Waals surface area contributed by atoms with Crippen LogP contribution >= 0.6 is 11.8 Å². The zero-order chi connectivity index (χ0) is 18.8. The number of thioether (sulfide) groups is 1. The Morgan fingerprint density at radius 3 is 1.92 bits per heavy atom. The summed E-state index contributed by atoms with van der Waals surface area (Å²) in [7, 11) is 0. The van der Waals surface area contributed by atoms with Crippen molar-refractivity contribution in [2.24, 2.45) is 0 Å². The van der Waals surface area contributed by atoms with E-state index < -0.39 is 24.0 Å². The minimum Gasteiger partial charge on any atom is -0.461 e. The number of carbonyl (C=O) groups excluding carboxylic acids is 2. The number of esters is 2. The van der Waals surface area contributed by atoms with Crippen LogP contribution in [0.4, 0.5) is 0 Å². The third-order valence-electron chi connectivity index (χ3n) is 3.66. The third-order valence-corrected chi connectivity index (χ3v) is 4.42. The minimum atomic E-state index is -1.91. The predicted molar refractivity (Wildman–Crippen MR) is 100 cm³/mol. The van der Waals surface area contributed by atoms with Gasteiger partial charge in [0.25, 0.3) is 0 Å². The van der Waals surface area contributed by atoms with Crippen LogP contribution in [0.1, 0.15) is 17.5 Å². The largest absolute Gasteiger partial charge is 0.461 e. The van der Waals surface area contributed by atoms with Crippen LogP contribution in [0.2, 0.25) is 0 Å². The summed E-state index contributed by atoms with van der Waals surface area (Å²) in [5, 5.41) is 10.6. The first-order chi connectivity index (χ1) is 12.5. The fourth-order valence-corrected chi connectivity index (χ4v) is 3.00. The van der Waals surface area contributed by atoms with Crippen LogP contribution in [0.25, 0.3) is 0 Å². The Hall–Kier alpha value is -2.31. The van der Waals surface area contributed by atoms with Crippen LogP contribution in [0.15, 0.2) is 60.7 Å². The molecule has 0 saturated carbocycles. The van der Waals surface area contributed by atoms with Crippen molar-refractivity contribution in [3.05, 3.63) is 71.8 Å². The zero-order valence-electron chi connectivity index (χ0n) is 14.6. The molecule has 0 heterocycles. The molecule has 0 fully saturated rings. The van der Waals surface area contributed by atoms with E-state index in [4.69, 9.17) is 9.47 Å². The summed E-state index contributed by atoms with van der Waals surface area (Å²) in [6.45, 7) is 0.128. The minimum absolute atomic E-state index is 0.0371. The lowest BCUT2D eigenvalue weighted by Crippen LogP contribution is -2.44. The van der Waals surface area contributed by atoms with Crippen molar-refractivity contribution < 1.29 is 24.2 Å². The molecule has 0 aromatic heterocycles. The normalized spacial score (nSPS) is 12.8. The van der Waals surface area contributed by atoms with Gasteiger partial charge in [-0.25, -0.2) is 4.79 Å². The molecule has 138 valence electrons. The van der Waals surface area contributed by atoms with E-state index in [1.54, 1.807) is 6.26 Å². The maximum atomic E-state index is 12.3. The zero-order valence-corrected chi connectivity index (χ0v) is 15.4. The Labute approximate surface area is 157 Å². The first kappa shape index (κ1) is 20.0. The molecule has 0 aliphatic carbocycles. The van der Waals surface area contributed by atoms with E-state index in [9.17, 15) is 14.7 Å². The van der Waals surface area contributed by atoms with Gasteiger partial charge in [0.2, 0.25) is 0 Å². The number of rotatable bonds is 9. The van der Waals surface area contributed by atoms with Gasteiger partial charge in [0.05, 0.1) is 6.42 Å². The van der Waals surface area contributed by atoms with Gasteiger partial charge in [-0.05, 0) is 17.4 Å². The topological polar surface area (TPSA) is 72.8 Å². The fraction of sp³-hybridized carbons (Fsp3) is 0.300. The van der Waals surface area contributed by atoms with Crippen LogP contribution in [0.3, 0.4) is 0 Å². The molecule has 0 saturated heterocycles. The van der Waals surface area contributed by atoms with Crippen LogP contribution in [-0.2, 0) is 32.3 Å². The number of benzene rings is 2. The number of hydrogen-bond donors (Lipinski definition) is 1. The van der Waals surface area contributed by atoms with Crippen molar-refractivity contribution in [3.63, 3.8) is 0 Å². The van der Waals surface area contributed by atoms with Crippen LogP contribution < -0.4 is 0 Å². The van der Waals surface area contributed by atoms with Crippen molar-refractivity contribution >= 4 is 23.7 Å². The highest BCUT2D eigenvalue weighted by Gasteiger charge is 2.40. The highest BCUT2D eigenvalue weighted by molar-refractivity contribution is 7.98. The van der Waals surface area contributed by atoms with Gasteiger partial charge in [0, 0.05) is 5.75 Å². The summed E-state index contributed by atoms with van der Waals surface area (Å²) in [5.74, 6) is -1.43. The molecule has 6 heteroatoms. The van der Waals surface area contributed by atoms with Crippen molar-refractivity contribution in [2.45, 2.75) is 25.2 Å². The Balaban J connectivity index is 1.91. The molecule has 2 aromatic rings. The molecule has 0 aliphatic rings. The van der Waals surface area contributed by atoms with Crippen LogP contribution in [-0.4, -0.2) is 34.7 Å². The maximum absolute atomic E-state index is 12.3. The fourth-order valence-electron chi connectivity index (χ4n) is 2.31. The van der Waals surface area contributed by atoms with Crippen LogP contribution in [0, 0.1) is 0 Å². The average molecular weight is 374 g/mol. The van der Waals surface area contributed by atoms with Gasteiger partial charge < -0.3 is 14.6 Å². The molecular formula is C20H22O5S. The quantitative estimate of drug-likeness (QED) is 0.681. The highest BCUT2D eigenvalue weighted by Crippen LogP contribution is 2.20. The number of ether oxygens (including phenoxy) is 2. The second kappa shape index (κ2) is 9.99. The second-order valence-electron chi connectivity index (χ2n) is 5.85. The number of carbonyl (C=O) groups is 2. The van der Waals surface area contributed by atoms with E-state index in [1.807, 2.05) is 60.7 Å². The molecule has 2 aromatic carbocycles. The van der Waals surface area contributed by atoms with Gasteiger partial charge >= 0.3 is 11.9 Å². The first-order valence-electron chi connectivity index (χ1n) is 8.15. The van der Waals surface area contributed by atoms with E-state index in [-0.39, 0.29) is 19.0 Å². The second-order valence-corrected chi connectivity index (χ2v) is 6.72. The molecule has 0 radical (unpaired) electrons. The Morgan fingerprint density at radius 1 is 0.923 bits per heavy atom. The monoisotopic (exact) mass is 374 g/mol. The lowest BCUT2D eigenvalue weighted by Gasteiger charge is -2.24. The maximum Gasteiger partial charge on any atom is 0.339 e. The van der Waals surface area contributed by atoms with Gasteiger partial charge in [-0.1, -0.05) is 60.7 Å². The van der Waals surface area contributed by atoms with Crippen molar-refractivity contribution in [3.8, 4) is 0 Å². The number of hydrogen-bond acceptors (Lipinski definition) is 6. The first-order valence-corrected chi connectivity index (χ1v) is 9.55. The van der Waals surface area contributed by atoms with E-state index in [0.717, 1.165) is 11.1 Å². The summed E-state index contributed by atoms with van der Waals surface area (Å²) in [6, 6.07) is 18.4. The SMILES string of the molecule is CSCC(O)(CC(=O)OCc1ccccc1)C(=O)OCc1ccccc1. The van der Waals surface area contributed by atoms with E-state index in [1.165, 1.54) is 11.8 Å². The Kier molecular flexibility index (Phi) is 7.69. The third kappa shape index (κ3) is 6.20. The van der Waals surface area contributed by atoms with Crippen molar-refractivity contribution in [1.29, 1.82) is 0 Å². The van der Waals surface area contributed by atoms with Gasteiger partial charge in [0.1, 0.15) is 13.2 Å². The Morgan fingerprint density at radius 2 is 1.42 bits per heavy atom.